The van der Waals surface area contributed by atoms with E-state index in [1.54, 1.807) is 19.4 Å². The van der Waals surface area contributed by atoms with E-state index >= 15 is 0 Å². The molecule has 1 aromatic carbocycles. The summed E-state index contributed by atoms with van der Waals surface area (Å²) < 4.78 is 34.6. The van der Waals surface area contributed by atoms with E-state index in [1.165, 1.54) is 12.1 Å². The lowest BCUT2D eigenvalue weighted by molar-refractivity contribution is -0.0504. The van der Waals surface area contributed by atoms with Crippen molar-refractivity contribution in [2.75, 3.05) is 33.2 Å². The average Bonchev–Trinajstić information content (AvgIpc) is 3.18. The van der Waals surface area contributed by atoms with Crippen molar-refractivity contribution in [3.05, 3.63) is 46.8 Å². The molecule has 0 unspecified atom stereocenters. The highest BCUT2D eigenvalue weighted by atomic mass is 35.5. The molecule has 0 aliphatic carbocycles. The van der Waals surface area contributed by atoms with Crippen molar-refractivity contribution < 1.29 is 18.0 Å². The Balaban J connectivity index is 1.55. The molecule has 0 amide bonds. The van der Waals surface area contributed by atoms with Gasteiger partial charge in [-0.15, -0.1) is 0 Å². The van der Waals surface area contributed by atoms with Crippen LogP contribution in [0.1, 0.15) is 11.3 Å². The standard InChI is InChI=1S/C18H22ClF2N5O2/c1-22-18(23-11-13-10-14(19)2-3-16(13)28-17(20)21)26-7-5-25(6-8-26)12-15-4-9-27-24-15/h2-4,9-10,17H,5-8,11-12H2,1H3,(H,22,23). The van der Waals surface area contributed by atoms with Gasteiger partial charge in [0.25, 0.3) is 0 Å². The van der Waals surface area contributed by atoms with Crippen molar-refractivity contribution in [2.45, 2.75) is 19.7 Å². The first-order chi connectivity index (χ1) is 13.5. The number of hydrogen-bond donors (Lipinski definition) is 1. The molecule has 10 heteroatoms. The maximum atomic E-state index is 12.6. The number of halogens is 3. The summed E-state index contributed by atoms with van der Waals surface area (Å²) in [6.45, 7) is 1.40. The second-order valence-electron chi connectivity index (χ2n) is 6.29. The van der Waals surface area contributed by atoms with Crippen LogP contribution in [0.5, 0.6) is 5.75 Å². The van der Waals surface area contributed by atoms with E-state index in [1.807, 2.05) is 6.07 Å². The number of nitrogens with one attached hydrogen (secondary N) is 1. The molecule has 0 spiro atoms. The Morgan fingerprint density at radius 2 is 2.11 bits per heavy atom. The topological polar surface area (TPSA) is 66.1 Å². The third-order valence-corrected chi connectivity index (χ3v) is 4.67. The predicted molar refractivity (Wildman–Crippen MR) is 102 cm³/mol. The molecule has 3 rings (SSSR count). The molecule has 1 aliphatic rings. The number of guanidine groups is 1. The van der Waals surface area contributed by atoms with Gasteiger partial charge in [-0.1, -0.05) is 16.8 Å². The monoisotopic (exact) mass is 413 g/mol. The number of alkyl halides is 2. The van der Waals surface area contributed by atoms with Crippen molar-refractivity contribution in [1.82, 2.24) is 20.3 Å². The predicted octanol–water partition coefficient (Wildman–Crippen LogP) is 2.82. The van der Waals surface area contributed by atoms with Crippen LogP contribution in [0.2, 0.25) is 5.02 Å². The zero-order valence-corrected chi connectivity index (χ0v) is 16.2. The summed E-state index contributed by atoms with van der Waals surface area (Å²) in [5, 5.41) is 7.59. The molecule has 1 aromatic heterocycles. The van der Waals surface area contributed by atoms with Crippen molar-refractivity contribution in [3.8, 4) is 5.75 Å². The van der Waals surface area contributed by atoms with Crippen LogP contribution in [0.15, 0.2) is 40.0 Å². The fourth-order valence-electron chi connectivity index (χ4n) is 3.07. The highest BCUT2D eigenvalue weighted by molar-refractivity contribution is 6.30. The molecule has 1 aliphatic heterocycles. The van der Waals surface area contributed by atoms with Crippen LogP contribution in [-0.2, 0) is 13.1 Å². The minimum absolute atomic E-state index is 0.0970. The number of rotatable bonds is 6. The molecule has 0 atom stereocenters. The van der Waals surface area contributed by atoms with Crippen LogP contribution in [0.4, 0.5) is 8.78 Å². The largest absolute Gasteiger partial charge is 0.434 e. The molecule has 152 valence electrons. The zero-order chi connectivity index (χ0) is 19.9. The number of hydrogen-bond acceptors (Lipinski definition) is 5. The van der Waals surface area contributed by atoms with Gasteiger partial charge < -0.3 is 19.5 Å². The van der Waals surface area contributed by atoms with E-state index in [0.29, 0.717) is 16.5 Å². The number of nitrogens with zero attached hydrogens (tertiary/aromatic N) is 4. The van der Waals surface area contributed by atoms with E-state index < -0.39 is 6.61 Å². The van der Waals surface area contributed by atoms with Crippen LogP contribution in [0, 0.1) is 0 Å². The molecule has 2 aromatic rings. The van der Waals surface area contributed by atoms with Gasteiger partial charge in [0.1, 0.15) is 12.0 Å². The van der Waals surface area contributed by atoms with E-state index in [0.717, 1.165) is 38.4 Å². The number of piperazine rings is 1. The number of aliphatic imine (C=N–C) groups is 1. The first-order valence-electron chi connectivity index (χ1n) is 8.85. The summed E-state index contributed by atoms with van der Waals surface area (Å²) in [5.74, 6) is 0.795. The summed E-state index contributed by atoms with van der Waals surface area (Å²) in [7, 11) is 1.69. The minimum atomic E-state index is -2.89. The Kier molecular flexibility index (Phi) is 7.05. The molecule has 2 heterocycles. The second kappa shape index (κ2) is 9.70. The molecule has 7 nitrogen and oxygen atoms in total. The van der Waals surface area contributed by atoms with Gasteiger partial charge in [0, 0.05) is 63.0 Å². The smallest absolute Gasteiger partial charge is 0.387 e. The Morgan fingerprint density at radius 1 is 1.32 bits per heavy atom. The van der Waals surface area contributed by atoms with Crippen LogP contribution in [0.25, 0.3) is 0 Å². The van der Waals surface area contributed by atoms with E-state index in [-0.39, 0.29) is 12.3 Å². The second-order valence-corrected chi connectivity index (χ2v) is 6.72. The normalized spacial score (nSPS) is 15.9. The molecule has 0 saturated carbocycles. The van der Waals surface area contributed by atoms with Crippen LogP contribution in [-0.4, -0.2) is 60.8 Å². The fraction of sp³-hybridized carbons (Fsp3) is 0.444. The Hall–Kier alpha value is -2.39. The number of ether oxygens (including phenoxy) is 1. The molecule has 1 saturated heterocycles. The molecular formula is C18H22ClF2N5O2. The number of benzene rings is 1. The van der Waals surface area contributed by atoms with E-state index in [2.05, 4.69) is 30.0 Å². The minimum Gasteiger partial charge on any atom is -0.434 e. The lowest BCUT2D eigenvalue weighted by Crippen LogP contribution is -2.52. The van der Waals surface area contributed by atoms with E-state index in [9.17, 15) is 8.78 Å². The van der Waals surface area contributed by atoms with Crippen molar-refractivity contribution in [1.29, 1.82) is 0 Å². The maximum Gasteiger partial charge on any atom is 0.387 e. The van der Waals surface area contributed by atoms with Crippen molar-refractivity contribution in [2.24, 2.45) is 4.99 Å². The molecule has 1 fully saturated rings. The molecule has 28 heavy (non-hydrogen) atoms. The molecule has 1 N–H and O–H groups in total. The van der Waals surface area contributed by atoms with Crippen molar-refractivity contribution in [3.63, 3.8) is 0 Å². The van der Waals surface area contributed by atoms with Gasteiger partial charge in [-0.2, -0.15) is 8.78 Å². The van der Waals surface area contributed by atoms with Gasteiger partial charge >= 0.3 is 6.61 Å². The Morgan fingerprint density at radius 3 is 2.75 bits per heavy atom. The third kappa shape index (κ3) is 5.56. The summed E-state index contributed by atoms with van der Waals surface area (Å²) in [4.78, 5) is 8.71. The maximum absolute atomic E-state index is 12.6. The SMILES string of the molecule is CN=C(NCc1cc(Cl)ccc1OC(F)F)N1CCN(Cc2ccon2)CC1. The third-order valence-electron chi connectivity index (χ3n) is 4.44. The van der Waals surface area contributed by atoms with E-state index in [4.69, 9.17) is 16.1 Å². The Bertz CT molecular complexity index is 780. The van der Waals surface area contributed by atoms with Gasteiger partial charge in [0.15, 0.2) is 5.96 Å². The Labute approximate surface area is 166 Å². The van der Waals surface area contributed by atoms with Crippen LogP contribution < -0.4 is 10.1 Å². The van der Waals surface area contributed by atoms with Gasteiger partial charge in [-0.05, 0) is 18.2 Å². The van der Waals surface area contributed by atoms with Crippen LogP contribution in [0.3, 0.4) is 0 Å². The van der Waals surface area contributed by atoms with Gasteiger partial charge in [-0.3, -0.25) is 9.89 Å². The first kappa shape index (κ1) is 20.3. The quantitative estimate of drug-likeness (QED) is 0.580. The summed E-state index contributed by atoms with van der Waals surface area (Å²) >= 11 is 6.00. The fourth-order valence-corrected chi connectivity index (χ4v) is 3.26. The van der Waals surface area contributed by atoms with Crippen LogP contribution >= 0.6 is 11.6 Å². The summed E-state index contributed by atoms with van der Waals surface area (Å²) in [5.41, 5.74) is 1.45. The highest BCUT2D eigenvalue weighted by Crippen LogP contribution is 2.24. The lowest BCUT2D eigenvalue weighted by atomic mass is 10.2. The number of aromatic nitrogens is 1. The highest BCUT2D eigenvalue weighted by Gasteiger charge is 2.20. The summed E-state index contributed by atoms with van der Waals surface area (Å²) in [6, 6.07) is 6.43. The van der Waals surface area contributed by atoms with Gasteiger partial charge in [0.05, 0.1) is 5.69 Å². The first-order valence-corrected chi connectivity index (χ1v) is 9.23. The zero-order valence-electron chi connectivity index (χ0n) is 15.4. The van der Waals surface area contributed by atoms with Crippen molar-refractivity contribution >= 4 is 17.6 Å². The molecule has 0 radical (unpaired) electrons. The average molecular weight is 414 g/mol. The van der Waals surface area contributed by atoms with Gasteiger partial charge in [-0.25, -0.2) is 0 Å². The molecule has 0 bridgehead atoms. The lowest BCUT2D eigenvalue weighted by Gasteiger charge is -2.36. The van der Waals surface area contributed by atoms with Gasteiger partial charge in [0.2, 0.25) is 0 Å². The summed E-state index contributed by atoms with van der Waals surface area (Å²) in [6.07, 6.45) is 1.57. The molecular weight excluding hydrogens is 392 g/mol.